The van der Waals surface area contributed by atoms with E-state index < -0.39 is 29.3 Å². The van der Waals surface area contributed by atoms with E-state index in [0.29, 0.717) is 12.2 Å². The number of para-hydroxylation sites is 1. The quantitative estimate of drug-likeness (QED) is 0.820. The van der Waals surface area contributed by atoms with Crippen LogP contribution in [-0.2, 0) is 15.8 Å². The van der Waals surface area contributed by atoms with Crippen LogP contribution in [-0.4, -0.2) is 11.9 Å². The fraction of sp³-hybridized carbons (Fsp3) is 0.0909. The topological polar surface area (TPSA) is 69.2 Å². The Labute approximate surface area is 99.7 Å². The summed E-state index contributed by atoms with van der Waals surface area (Å²) in [5.74, 6) is -2.61. The van der Waals surface area contributed by atoms with Crippen molar-refractivity contribution in [1.82, 2.24) is 0 Å². The van der Waals surface area contributed by atoms with E-state index in [4.69, 9.17) is 0 Å². The number of halogens is 3. The largest absolute Gasteiger partial charge is 0.545 e. The van der Waals surface area contributed by atoms with Gasteiger partial charge >= 0.3 is 6.18 Å². The third-order valence-corrected chi connectivity index (χ3v) is 1.86. The zero-order chi connectivity index (χ0) is 13.8. The second kappa shape index (κ2) is 5.35. The second-order valence-electron chi connectivity index (χ2n) is 3.18. The van der Waals surface area contributed by atoms with Gasteiger partial charge in [-0.3, -0.25) is 4.79 Å². The normalized spacial score (nSPS) is 11.5. The van der Waals surface area contributed by atoms with Crippen LogP contribution in [0.25, 0.3) is 0 Å². The van der Waals surface area contributed by atoms with E-state index in [0.717, 1.165) is 12.1 Å². The molecular formula is C11H7F3NO3-. The average Bonchev–Trinajstić information content (AvgIpc) is 2.25. The molecule has 0 saturated heterocycles. The van der Waals surface area contributed by atoms with Gasteiger partial charge in [0, 0.05) is 6.08 Å². The van der Waals surface area contributed by atoms with Crippen molar-refractivity contribution in [2.45, 2.75) is 6.18 Å². The zero-order valence-corrected chi connectivity index (χ0v) is 8.82. The molecule has 4 nitrogen and oxygen atoms in total. The minimum absolute atomic E-state index is 0.422. The third kappa shape index (κ3) is 3.93. The lowest BCUT2D eigenvalue weighted by Gasteiger charge is -2.12. The van der Waals surface area contributed by atoms with Crippen LogP contribution >= 0.6 is 0 Å². The summed E-state index contributed by atoms with van der Waals surface area (Å²) in [5.41, 5.74) is -1.46. The fourth-order valence-electron chi connectivity index (χ4n) is 1.16. The molecule has 0 radical (unpaired) electrons. The number of carbonyl (C=O) groups excluding carboxylic acids is 2. The Morgan fingerprint density at radius 1 is 1.17 bits per heavy atom. The summed E-state index contributed by atoms with van der Waals surface area (Å²) in [4.78, 5) is 21.2. The number of hydrogen-bond donors (Lipinski definition) is 1. The van der Waals surface area contributed by atoms with Crippen LogP contribution in [0.1, 0.15) is 5.56 Å². The highest BCUT2D eigenvalue weighted by Crippen LogP contribution is 2.34. The summed E-state index contributed by atoms with van der Waals surface area (Å²) in [6.45, 7) is 0. The van der Waals surface area contributed by atoms with Crippen LogP contribution in [0.2, 0.25) is 0 Å². The molecule has 1 aromatic rings. The number of carbonyl (C=O) groups is 2. The molecule has 0 heterocycles. The number of amides is 1. The van der Waals surface area contributed by atoms with Crippen molar-refractivity contribution in [1.29, 1.82) is 0 Å². The molecule has 0 unspecified atom stereocenters. The maximum absolute atomic E-state index is 12.5. The lowest BCUT2D eigenvalue weighted by atomic mass is 10.1. The van der Waals surface area contributed by atoms with E-state index in [2.05, 4.69) is 0 Å². The van der Waals surface area contributed by atoms with Crippen LogP contribution in [0, 0.1) is 0 Å². The molecule has 1 amide bonds. The molecule has 0 aliphatic carbocycles. The highest BCUT2D eigenvalue weighted by atomic mass is 19.4. The van der Waals surface area contributed by atoms with Gasteiger partial charge in [0.25, 0.3) is 0 Å². The number of carboxylic acid groups (broad SMARTS) is 1. The van der Waals surface area contributed by atoms with Crippen molar-refractivity contribution in [3.8, 4) is 0 Å². The van der Waals surface area contributed by atoms with Gasteiger partial charge in [-0.25, -0.2) is 0 Å². The van der Waals surface area contributed by atoms with Gasteiger partial charge < -0.3 is 15.2 Å². The molecule has 18 heavy (non-hydrogen) atoms. The average molecular weight is 258 g/mol. The molecule has 0 aromatic heterocycles. The fourth-order valence-corrected chi connectivity index (χ4v) is 1.16. The van der Waals surface area contributed by atoms with Gasteiger partial charge in [0.15, 0.2) is 0 Å². The molecule has 1 rings (SSSR count). The first-order valence-electron chi connectivity index (χ1n) is 4.67. The van der Waals surface area contributed by atoms with E-state index in [-0.39, 0.29) is 0 Å². The number of carboxylic acids is 1. The summed E-state index contributed by atoms with van der Waals surface area (Å²) in [6.07, 6.45) is -3.62. The molecule has 7 heteroatoms. The van der Waals surface area contributed by atoms with Gasteiger partial charge in [-0.2, -0.15) is 13.2 Å². The molecule has 0 fully saturated rings. The molecule has 0 atom stereocenters. The minimum atomic E-state index is -4.61. The van der Waals surface area contributed by atoms with Gasteiger partial charge in [0.1, 0.15) is 0 Å². The molecule has 0 aliphatic rings. The SMILES string of the molecule is O=C([O-])/C=C\C(=O)Nc1ccccc1C(F)(F)F. The van der Waals surface area contributed by atoms with E-state index in [1.165, 1.54) is 12.1 Å². The van der Waals surface area contributed by atoms with Gasteiger partial charge in [0.2, 0.25) is 5.91 Å². The zero-order valence-electron chi connectivity index (χ0n) is 8.82. The Hall–Kier alpha value is -2.31. The Kier molecular flexibility index (Phi) is 4.09. The maximum atomic E-state index is 12.5. The summed E-state index contributed by atoms with van der Waals surface area (Å²) in [6, 6.07) is 4.36. The van der Waals surface area contributed by atoms with Crippen LogP contribution in [0.15, 0.2) is 36.4 Å². The van der Waals surface area contributed by atoms with Gasteiger partial charge in [-0.05, 0) is 18.2 Å². The third-order valence-electron chi connectivity index (χ3n) is 1.86. The van der Waals surface area contributed by atoms with E-state index >= 15 is 0 Å². The van der Waals surface area contributed by atoms with Gasteiger partial charge in [-0.1, -0.05) is 12.1 Å². The van der Waals surface area contributed by atoms with Crippen molar-refractivity contribution < 1.29 is 27.9 Å². The maximum Gasteiger partial charge on any atom is 0.418 e. The second-order valence-corrected chi connectivity index (χ2v) is 3.18. The number of hydrogen-bond acceptors (Lipinski definition) is 3. The molecule has 0 saturated carbocycles. The molecule has 96 valence electrons. The minimum Gasteiger partial charge on any atom is -0.545 e. The van der Waals surface area contributed by atoms with Crippen molar-refractivity contribution in [3.63, 3.8) is 0 Å². The molecular weight excluding hydrogens is 251 g/mol. The number of rotatable bonds is 3. The number of alkyl halides is 3. The lowest BCUT2D eigenvalue weighted by Crippen LogP contribution is -2.20. The van der Waals surface area contributed by atoms with Gasteiger partial charge in [-0.15, -0.1) is 0 Å². The number of benzene rings is 1. The standard InChI is InChI=1S/C11H8F3NO3/c12-11(13,14)7-3-1-2-4-8(7)15-9(16)5-6-10(17)18/h1-6H,(H,15,16)(H,17,18)/p-1/b6-5-. The van der Waals surface area contributed by atoms with Crippen molar-refractivity contribution in [2.75, 3.05) is 5.32 Å². The monoisotopic (exact) mass is 258 g/mol. The first-order chi connectivity index (χ1) is 8.30. The molecule has 0 bridgehead atoms. The number of nitrogens with one attached hydrogen (secondary N) is 1. The first kappa shape index (κ1) is 13.8. The van der Waals surface area contributed by atoms with Crippen molar-refractivity contribution >= 4 is 17.6 Å². The summed E-state index contributed by atoms with van der Waals surface area (Å²) in [7, 11) is 0. The molecule has 0 aliphatic heterocycles. The Morgan fingerprint density at radius 2 is 1.78 bits per heavy atom. The van der Waals surface area contributed by atoms with Crippen LogP contribution in [0.4, 0.5) is 18.9 Å². The van der Waals surface area contributed by atoms with Crippen molar-refractivity contribution in [2.24, 2.45) is 0 Å². The summed E-state index contributed by atoms with van der Waals surface area (Å²) in [5, 5.41) is 12.0. The first-order valence-corrected chi connectivity index (χ1v) is 4.67. The molecule has 1 aromatic carbocycles. The Balaban J connectivity index is 2.92. The lowest BCUT2D eigenvalue weighted by molar-refractivity contribution is -0.297. The highest BCUT2D eigenvalue weighted by Gasteiger charge is 2.33. The predicted octanol–water partition coefficient (Wildman–Crippen LogP) is 0.950. The van der Waals surface area contributed by atoms with E-state index in [1.54, 1.807) is 0 Å². The van der Waals surface area contributed by atoms with E-state index in [1.807, 2.05) is 5.32 Å². The van der Waals surface area contributed by atoms with Crippen LogP contribution < -0.4 is 10.4 Å². The summed E-state index contributed by atoms with van der Waals surface area (Å²) >= 11 is 0. The van der Waals surface area contributed by atoms with E-state index in [9.17, 15) is 27.9 Å². The summed E-state index contributed by atoms with van der Waals surface area (Å²) < 4.78 is 37.6. The van der Waals surface area contributed by atoms with Crippen LogP contribution in [0.3, 0.4) is 0 Å². The molecule has 1 N–H and O–H groups in total. The van der Waals surface area contributed by atoms with Crippen molar-refractivity contribution in [3.05, 3.63) is 42.0 Å². The number of anilines is 1. The predicted molar refractivity (Wildman–Crippen MR) is 54.2 cm³/mol. The highest BCUT2D eigenvalue weighted by molar-refractivity contribution is 6.02. The Morgan fingerprint density at radius 3 is 2.33 bits per heavy atom. The molecule has 0 spiro atoms. The van der Waals surface area contributed by atoms with Gasteiger partial charge in [0.05, 0.1) is 17.2 Å². The Bertz CT molecular complexity index is 495. The van der Waals surface area contributed by atoms with Crippen LogP contribution in [0.5, 0.6) is 0 Å². The number of aliphatic carboxylic acids is 1. The smallest absolute Gasteiger partial charge is 0.418 e.